The summed E-state index contributed by atoms with van der Waals surface area (Å²) < 4.78 is 30.3. The molecule has 0 radical (unpaired) electrons. The van der Waals surface area contributed by atoms with Crippen molar-refractivity contribution in [2.75, 3.05) is 5.32 Å². The maximum absolute atomic E-state index is 12.8. The summed E-state index contributed by atoms with van der Waals surface area (Å²) in [6.07, 6.45) is 2.69. The number of sulfonamides is 1. The molecule has 0 bridgehead atoms. The Balaban J connectivity index is 1.76. The van der Waals surface area contributed by atoms with Gasteiger partial charge in [-0.3, -0.25) is 14.4 Å². The van der Waals surface area contributed by atoms with Gasteiger partial charge in [0.2, 0.25) is 15.9 Å². The average molecular weight is 512 g/mol. The van der Waals surface area contributed by atoms with E-state index in [-0.39, 0.29) is 32.7 Å². The van der Waals surface area contributed by atoms with E-state index in [1.807, 2.05) is 0 Å². The van der Waals surface area contributed by atoms with Crippen molar-refractivity contribution in [3.8, 4) is 0 Å². The van der Waals surface area contributed by atoms with Crippen LogP contribution in [-0.4, -0.2) is 28.7 Å². The van der Waals surface area contributed by atoms with Gasteiger partial charge in [0.1, 0.15) is 11.6 Å². The SMILES string of the molecule is Cc1ccc(NC(=O)Cn2ncc(Cl)c(Cl)c2=O)cc1S(=O)(=O)NCc1ccn(C)c(=O)c1. The number of aryl methyl sites for hydroxylation is 2. The van der Waals surface area contributed by atoms with Gasteiger partial charge in [0.05, 0.1) is 16.1 Å². The van der Waals surface area contributed by atoms with Crippen LogP contribution < -0.4 is 21.2 Å². The first-order chi connectivity index (χ1) is 15.5. The van der Waals surface area contributed by atoms with E-state index in [1.54, 1.807) is 26.2 Å². The Morgan fingerprint density at radius 2 is 1.88 bits per heavy atom. The normalized spacial score (nSPS) is 11.4. The van der Waals surface area contributed by atoms with Gasteiger partial charge in [0, 0.05) is 31.5 Å². The van der Waals surface area contributed by atoms with Crippen molar-refractivity contribution in [1.29, 1.82) is 0 Å². The van der Waals surface area contributed by atoms with Crippen LogP contribution in [0.1, 0.15) is 11.1 Å². The fourth-order valence-corrected chi connectivity index (χ4v) is 4.37. The molecule has 0 unspecified atom stereocenters. The number of aromatic nitrogens is 3. The summed E-state index contributed by atoms with van der Waals surface area (Å²) in [5.41, 5.74) is 0.164. The first kappa shape index (κ1) is 24.6. The second kappa shape index (κ2) is 9.87. The van der Waals surface area contributed by atoms with Crippen LogP contribution in [-0.2, 0) is 35.0 Å². The zero-order chi connectivity index (χ0) is 24.3. The summed E-state index contributed by atoms with van der Waals surface area (Å²) in [6.45, 7) is 1.07. The standard InChI is InChI=1S/C20H19Cl2N5O5S/c1-12-3-4-14(25-17(28)11-27-20(30)19(22)15(21)10-23-27)8-16(12)33(31,32)24-9-13-5-6-26(2)18(29)7-13/h3-8,10,24H,9,11H2,1-2H3,(H,25,28). The van der Waals surface area contributed by atoms with Crippen molar-refractivity contribution >= 4 is 44.8 Å². The second-order valence-corrected chi connectivity index (χ2v) is 9.63. The number of halogens is 2. The largest absolute Gasteiger partial charge is 0.324 e. The third kappa shape index (κ3) is 5.88. The lowest BCUT2D eigenvalue weighted by atomic mass is 10.2. The minimum absolute atomic E-state index is 0.0323. The molecule has 0 atom stereocenters. The first-order valence-corrected chi connectivity index (χ1v) is 11.7. The maximum atomic E-state index is 12.8. The van der Waals surface area contributed by atoms with Gasteiger partial charge in [-0.1, -0.05) is 29.3 Å². The molecule has 13 heteroatoms. The Kier molecular flexibility index (Phi) is 7.38. The highest BCUT2D eigenvalue weighted by Gasteiger charge is 2.18. The Hall–Kier alpha value is -2.99. The third-order valence-electron chi connectivity index (χ3n) is 4.63. The molecule has 0 aliphatic rings. The summed E-state index contributed by atoms with van der Waals surface area (Å²) in [4.78, 5) is 36.1. The van der Waals surface area contributed by atoms with Gasteiger partial charge in [-0.25, -0.2) is 17.8 Å². The first-order valence-electron chi connectivity index (χ1n) is 9.45. The van der Waals surface area contributed by atoms with E-state index >= 15 is 0 Å². The molecule has 2 N–H and O–H groups in total. The molecule has 0 fully saturated rings. The van der Waals surface area contributed by atoms with E-state index in [4.69, 9.17) is 23.2 Å². The molecule has 0 aliphatic heterocycles. The lowest BCUT2D eigenvalue weighted by Crippen LogP contribution is -2.30. The highest BCUT2D eigenvalue weighted by Crippen LogP contribution is 2.21. The number of hydrogen-bond donors (Lipinski definition) is 2. The monoisotopic (exact) mass is 511 g/mol. The topological polar surface area (TPSA) is 132 Å². The summed E-state index contributed by atoms with van der Waals surface area (Å²) in [7, 11) is -2.37. The van der Waals surface area contributed by atoms with E-state index in [9.17, 15) is 22.8 Å². The van der Waals surface area contributed by atoms with Gasteiger partial charge in [-0.15, -0.1) is 0 Å². The van der Waals surface area contributed by atoms with E-state index in [1.165, 1.54) is 28.8 Å². The van der Waals surface area contributed by atoms with Crippen LogP contribution >= 0.6 is 23.2 Å². The van der Waals surface area contributed by atoms with E-state index < -0.39 is 28.0 Å². The van der Waals surface area contributed by atoms with Crippen molar-refractivity contribution in [3.05, 3.63) is 84.6 Å². The summed E-state index contributed by atoms with van der Waals surface area (Å²) in [5, 5.41) is 5.99. The Morgan fingerprint density at radius 1 is 1.15 bits per heavy atom. The van der Waals surface area contributed by atoms with Gasteiger partial charge < -0.3 is 9.88 Å². The molecule has 10 nitrogen and oxygen atoms in total. The summed E-state index contributed by atoms with van der Waals surface area (Å²) >= 11 is 11.5. The van der Waals surface area contributed by atoms with E-state index in [2.05, 4.69) is 15.1 Å². The Labute approximate surface area is 198 Å². The summed E-state index contributed by atoms with van der Waals surface area (Å²) in [6, 6.07) is 7.33. The number of benzene rings is 1. The van der Waals surface area contributed by atoms with Crippen LogP contribution in [0.25, 0.3) is 0 Å². The van der Waals surface area contributed by atoms with Gasteiger partial charge in [-0.2, -0.15) is 5.10 Å². The van der Waals surface area contributed by atoms with Crippen LogP contribution in [0.5, 0.6) is 0 Å². The molecule has 3 rings (SSSR count). The van der Waals surface area contributed by atoms with Crippen molar-refractivity contribution in [2.45, 2.75) is 24.9 Å². The number of nitrogens with zero attached hydrogens (tertiary/aromatic N) is 3. The number of nitrogens with one attached hydrogen (secondary N) is 2. The van der Waals surface area contributed by atoms with Gasteiger partial charge >= 0.3 is 0 Å². The third-order valence-corrected chi connectivity index (χ3v) is 6.92. The molecule has 0 spiro atoms. The van der Waals surface area contributed by atoms with Crippen molar-refractivity contribution < 1.29 is 13.2 Å². The highest BCUT2D eigenvalue weighted by molar-refractivity contribution is 7.89. The smallest absolute Gasteiger partial charge is 0.287 e. The van der Waals surface area contributed by atoms with Crippen molar-refractivity contribution in [2.24, 2.45) is 7.05 Å². The number of amides is 1. The van der Waals surface area contributed by atoms with Gasteiger partial charge in [0.25, 0.3) is 11.1 Å². The molecule has 0 saturated heterocycles. The zero-order valence-electron chi connectivity index (χ0n) is 17.5. The molecule has 1 aromatic carbocycles. The fourth-order valence-electron chi connectivity index (χ4n) is 2.82. The average Bonchev–Trinajstić information content (AvgIpc) is 2.76. The molecular weight excluding hydrogens is 493 g/mol. The zero-order valence-corrected chi connectivity index (χ0v) is 19.8. The van der Waals surface area contributed by atoms with Crippen LogP contribution in [0, 0.1) is 6.92 Å². The van der Waals surface area contributed by atoms with Crippen molar-refractivity contribution in [3.63, 3.8) is 0 Å². The van der Waals surface area contributed by atoms with Crippen LogP contribution in [0.15, 0.2) is 57.2 Å². The minimum atomic E-state index is -3.96. The van der Waals surface area contributed by atoms with Gasteiger partial charge in [-0.05, 0) is 36.2 Å². The summed E-state index contributed by atoms with van der Waals surface area (Å²) in [5.74, 6) is -0.622. The molecule has 2 aromatic heterocycles. The predicted molar refractivity (Wildman–Crippen MR) is 124 cm³/mol. The number of carbonyl (C=O) groups is 1. The predicted octanol–water partition coefficient (Wildman–Crippen LogP) is 1.67. The number of carbonyl (C=O) groups excluding carboxylic acids is 1. The minimum Gasteiger partial charge on any atom is -0.324 e. The number of rotatable bonds is 7. The second-order valence-electron chi connectivity index (χ2n) is 7.11. The fraction of sp³-hybridized carbons (Fsp3) is 0.200. The molecule has 1 amide bonds. The van der Waals surface area contributed by atoms with Crippen LogP contribution in [0.3, 0.4) is 0 Å². The molecule has 2 heterocycles. The molecule has 3 aromatic rings. The lowest BCUT2D eigenvalue weighted by Gasteiger charge is -2.12. The van der Waals surface area contributed by atoms with Crippen molar-refractivity contribution in [1.82, 2.24) is 19.1 Å². The quantitative estimate of drug-likeness (QED) is 0.495. The molecule has 0 saturated carbocycles. The maximum Gasteiger partial charge on any atom is 0.287 e. The number of pyridine rings is 1. The molecule has 33 heavy (non-hydrogen) atoms. The number of anilines is 1. The van der Waals surface area contributed by atoms with Crippen LogP contribution in [0.4, 0.5) is 5.69 Å². The Bertz CT molecular complexity index is 1450. The Morgan fingerprint density at radius 3 is 2.58 bits per heavy atom. The van der Waals surface area contributed by atoms with E-state index in [0.717, 1.165) is 10.9 Å². The van der Waals surface area contributed by atoms with Crippen LogP contribution in [0.2, 0.25) is 10.0 Å². The number of hydrogen-bond acceptors (Lipinski definition) is 6. The van der Waals surface area contributed by atoms with Gasteiger partial charge in [0.15, 0.2) is 0 Å². The molecular formula is C20H19Cl2N5O5S. The molecule has 0 aliphatic carbocycles. The lowest BCUT2D eigenvalue weighted by molar-refractivity contribution is -0.117. The van der Waals surface area contributed by atoms with E-state index in [0.29, 0.717) is 11.1 Å². The highest BCUT2D eigenvalue weighted by atomic mass is 35.5. The molecule has 174 valence electrons.